The predicted molar refractivity (Wildman–Crippen MR) is 53.9 cm³/mol. The Bertz CT molecular complexity index is 338. The van der Waals surface area contributed by atoms with Crippen molar-refractivity contribution >= 4 is 17.5 Å². The summed E-state index contributed by atoms with van der Waals surface area (Å²) < 4.78 is 0. The first-order valence-corrected chi connectivity index (χ1v) is 3.77. The monoisotopic (exact) mass is 182 g/mol. The minimum Gasteiger partial charge on any atom is -0.351 e. The molecule has 0 aliphatic carbocycles. The summed E-state index contributed by atoms with van der Waals surface area (Å²) in [7, 11) is 0. The van der Waals surface area contributed by atoms with Crippen LogP contribution in [0.5, 0.6) is 0 Å². The molecule has 0 saturated heterocycles. The maximum absolute atomic E-state index is 10.9. The van der Waals surface area contributed by atoms with E-state index in [2.05, 4.69) is 5.32 Å². The zero-order chi connectivity index (χ0) is 9.84. The van der Waals surface area contributed by atoms with Gasteiger partial charge >= 0.3 is 6.03 Å². The van der Waals surface area contributed by atoms with E-state index in [1.54, 1.807) is 24.3 Å². The molecule has 0 unspecified atom stereocenters. The van der Waals surface area contributed by atoms with Crippen LogP contribution in [-0.2, 0) is 0 Å². The number of nitrogens with two attached hydrogens (primary N) is 1. The Hall–Kier alpha value is -1.84. The van der Waals surface area contributed by atoms with Crippen LogP contribution in [0.3, 0.4) is 0 Å². The second kappa shape index (κ2) is 3.71. The summed E-state index contributed by atoms with van der Waals surface area (Å²) >= 11 is 0. The van der Waals surface area contributed by atoms with Gasteiger partial charge < -0.3 is 11.1 Å². The highest BCUT2D eigenvalue weighted by atomic mass is 16.2. The van der Waals surface area contributed by atoms with Gasteiger partial charge in [-0.1, -0.05) is 0 Å². The summed E-state index contributed by atoms with van der Waals surface area (Å²) in [5.41, 5.74) is 6.09. The number of primary amides is 1. The third-order valence-electron chi connectivity index (χ3n) is 1.56. The highest BCUT2D eigenvalue weighted by molar-refractivity contribution is 5.95. The van der Waals surface area contributed by atoms with E-state index in [4.69, 9.17) is 5.73 Å². The molecule has 1 aromatic carbocycles. The van der Waals surface area contributed by atoms with Crippen LogP contribution < -0.4 is 11.1 Å². The molecule has 0 aromatic heterocycles. The average molecular weight is 182 g/mol. The van der Waals surface area contributed by atoms with E-state index < -0.39 is 6.03 Å². The van der Waals surface area contributed by atoms with Crippen molar-refractivity contribution in [3.63, 3.8) is 0 Å². The predicted octanol–water partition coefficient (Wildman–Crippen LogP) is 1.87. The lowest BCUT2D eigenvalue weighted by molar-refractivity contribution is 0.101. The van der Waals surface area contributed by atoms with Gasteiger partial charge in [0.1, 0.15) is 0 Å². The summed E-state index contributed by atoms with van der Waals surface area (Å²) in [6, 6.07) is 5.90. The quantitative estimate of drug-likeness (QED) is 0.685. The van der Waals surface area contributed by atoms with Crippen molar-refractivity contribution in [1.82, 2.24) is 0 Å². The van der Waals surface area contributed by atoms with Crippen LogP contribution in [0.2, 0.25) is 0 Å². The lowest BCUT2D eigenvalue weighted by atomic mass is 10.1. The summed E-state index contributed by atoms with van der Waals surface area (Å²) in [6.07, 6.45) is 0. The summed E-state index contributed by atoms with van der Waals surface area (Å²) in [5.74, 6) is -0.00868. The van der Waals surface area contributed by atoms with Crippen LogP contribution in [0, 0.1) is 0 Å². The van der Waals surface area contributed by atoms with Gasteiger partial charge in [0.25, 0.3) is 0 Å². The molecule has 1 aromatic rings. The molecular weight excluding hydrogens is 168 g/mol. The molecule has 4 heteroatoms. The number of urea groups is 1. The zero-order valence-electron chi connectivity index (χ0n) is 7.20. The van der Waals surface area contributed by atoms with Gasteiger partial charge in [-0.2, -0.15) is 0 Å². The third-order valence-corrected chi connectivity index (χ3v) is 1.56. The number of Topliss-reactive ketones (excluding diaryl/α,β-unsaturated/α-hetero) is 1. The van der Waals surface area contributed by atoms with Gasteiger partial charge in [0, 0.05) is 14.1 Å². The average Bonchev–Trinajstić information content (AvgIpc) is 2.04. The minimum atomic E-state index is -0.615. The Kier molecular flexibility index (Phi) is 2.64. The number of anilines is 1. The topological polar surface area (TPSA) is 72.2 Å². The van der Waals surface area contributed by atoms with Crippen LogP contribution in [0.4, 0.5) is 10.5 Å². The molecule has 0 saturated carbocycles. The number of carbonyl (C=O) groups excluding carboxylic acids is 2. The van der Waals surface area contributed by atoms with Crippen molar-refractivity contribution in [3.05, 3.63) is 29.8 Å². The highest BCUT2D eigenvalue weighted by Gasteiger charge is 1.99. The number of nitrogens with one attached hydrogen (secondary N) is 1. The molecule has 0 heterocycles. The SMILES string of the molecule is CC(=O)c1ccc(NC(N)=O)cc1.[HH].[HH]. The zero-order valence-corrected chi connectivity index (χ0v) is 7.20. The molecule has 1 rings (SSSR count). The van der Waals surface area contributed by atoms with Crippen molar-refractivity contribution in [2.24, 2.45) is 5.73 Å². The molecule has 2 amide bonds. The Labute approximate surface area is 78.7 Å². The van der Waals surface area contributed by atoms with Crippen LogP contribution in [0.15, 0.2) is 24.3 Å². The molecule has 0 aliphatic heterocycles. The first-order valence-electron chi connectivity index (χ1n) is 3.77. The normalized spacial score (nSPS) is 9.31. The van der Waals surface area contributed by atoms with Crippen LogP contribution in [0.25, 0.3) is 0 Å². The van der Waals surface area contributed by atoms with E-state index in [1.807, 2.05) is 0 Å². The van der Waals surface area contributed by atoms with Crippen LogP contribution >= 0.6 is 0 Å². The number of benzene rings is 1. The molecule has 72 valence electrons. The maximum Gasteiger partial charge on any atom is 0.316 e. The van der Waals surface area contributed by atoms with Crippen molar-refractivity contribution in [2.45, 2.75) is 6.92 Å². The molecule has 0 aliphatic rings. The number of hydrogen-bond acceptors (Lipinski definition) is 2. The standard InChI is InChI=1S/C9H10N2O2.2H2/c1-6(12)7-2-4-8(5-3-7)11-9(10)13;;/h2-5H,1H3,(H3,10,11,13);2*1H. The maximum atomic E-state index is 10.9. The summed E-state index contributed by atoms with van der Waals surface area (Å²) in [6.45, 7) is 1.48. The lowest BCUT2D eigenvalue weighted by Gasteiger charge is -2.01. The molecular formula is C9H14N2O2. The fourth-order valence-corrected chi connectivity index (χ4v) is 0.931. The van der Waals surface area contributed by atoms with Gasteiger partial charge in [0.05, 0.1) is 0 Å². The molecule has 4 nitrogen and oxygen atoms in total. The number of ketones is 1. The Balaban J connectivity index is 0. The van der Waals surface area contributed by atoms with E-state index >= 15 is 0 Å². The number of carbonyl (C=O) groups is 2. The van der Waals surface area contributed by atoms with Gasteiger partial charge in [-0.15, -0.1) is 0 Å². The Morgan fingerprint density at radius 1 is 1.31 bits per heavy atom. The Morgan fingerprint density at radius 2 is 1.85 bits per heavy atom. The first kappa shape index (κ1) is 9.25. The highest BCUT2D eigenvalue weighted by Crippen LogP contribution is 2.09. The molecule has 0 bridgehead atoms. The number of amides is 2. The summed E-state index contributed by atoms with van der Waals surface area (Å²) in [4.78, 5) is 21.3. The fraction of sp³-hybridized carbons (Fsp3) is 0.111. The minimum absolute atomic E-state index is 0. The van der Waals surface area contributed by atoms with E-state index in [1.165, 1.54) is 6.92 Å². The number of hydrogen-bond donors (Lipinski definition) is 2. The molecule has 13 heavy (non-hydrogen) atoms. The van der Waals surface area contributed by atoms with Crippen molar-refractivity contribution in [2.75, 3.05) is 5.32 Å². The van der Waals surface area contributed by atoms with Crippen LogP contribution in [0.1, 0.15) is 20.1 Å². The Morgan fingerprint density at radius 3 is 2.23 bits per heavy atom. The fourth-order valence-electron chi connectivity index (χ4n) is 0.931. The molecule has 0 atom stereocenters. The number of rotatable bonds is 2. The van der Waals surface area contributed by atoms with E-state index in [0.29, 0.717) is 11.3 Å². The largest absolute Gasteiger partial charge is 0.351 e. The second-order valence-electron chi connectivity index (χ2n) is 2.62. The van der Waals surface area contributed by atoms with E-state index in [9.17, 15) is 9.59 Å². The molecule has 0 spiro atoms. The van der Waals surface area contributed by atoms with Crippen molar-refractivity contribution in [3.8, 4) is 0 Å². The van der Waals surface area contributed by atoms with Gasteiger partial charge in [-0.25, -0.2) is 4.79 Å². The van der Waals surface area contributed by atoms with Gasteiger partial charge in [-0.05, 0) is 31.2 Å². The molecule has 3 N–H and O–H groups in total. The molecule has 0 radical (unpaired) electrons. The van der Waals surface area contributed by atoms with Gasteiger partial charge in [0.15, 0.2) is 5.78 Å². The smallest absolute Gasteiger partial charge is 0.316 e. The van der Waals surface area contributed by atoms with Gasteiger partial charge in [0.2, 0.25) is 0 Å². The third kappa shape index (κ3) is 2.59. The van der Waals surface area contributed by atoms with Crippen molar-refractivity contribution < 1.29 is 12.4 Å². The van der Waals surface area contributed by atoms with Gasteiger partial charge in [-0.3, -0.25) is 4.79 Å². The first-order chi connectivity index (χ1) is 6.09. The van der Waals surface area contributed by atoms with E-state index in [-0.39, 0.29) is 8.64 Å². The summed E-state index contributed by atoms with van der Waals surface area (Å²) in [5, 5.41) is 2.40. The van der Waals surface area contributed by atoms with E-state index in [0.717, 1.165) is 0 Å². The second-order valence-corrected chi connectivity index (χ2v) is 2.62. The van der Waals surface area contributed by atoms with Crippen LogP contribution in [-0.4, -0.2) is 11.8 Å². The lowest BCUT2D eigenvalue weighted by Crippen LogP contribution is -2.19. The molecule has 0 fully saturated rings. The van der Waals surface area contributed by atoms with Crippen molar-refractivity contribution in [1.29, 1.82) is 0 Å².